The van der Waals surface area contributed by atoms with E-state index in [1.54, 1.807) is 18.2 Å². The average Bonchev–Trinajstić information content (AvgIpc) is 2.93. The van der Waals surface area contributed by atoms with Crippen LogP contribution in [0, 0.1) is 0 Å². The van der Waals surface area contributed by atoms with Gasteiger partial charge in [0.05, 0.1) is 30.5 Å². The summed E-state index contributed by atoms with van der Waals surface area (Å²) < 4.78 is 16.0. The Labute approximate surface area is 114 Å². The third kappa shape index (κ3) is 2.56. The summed E-state index contributed by atoms with van der Waals surface area (Å²) in [4.78, 5) is 4.29. The lowest BCUT2D eigenvalue weighted by Gasteiger charge is -2.19. The van der Waals surface area contributed by atoms with Crippen molar-refractivity contribution < 1.29 is 14.0 Å². The second-order valence-corrected chi connectivity index (χ2v) is 4.54. The average molecular weight is 282 g/mol. The number of hydrogen-bond donors (Lipinski definition) is 1. The van der Waals surface area contributed by atoms with Gasteiger partial charge in [-0.1, -0.05) is 16.8 Å². The van der Waals surface area contributed by atoms with Crippen LogP contribution in [0.3, 0.4) is 0 Å². The summed E-state index contributed by atoms with van der Waals surface area (Å²) in [5.41, 5.74) is 6.93. The molecule has 1 aromatic heterocycles. The molecule has 1 saturated heterocycles. The molecule has 1 aliphatic heterocycles. The minimum Gasteiger partial charge on any atom is -0.398 e. The van der Waals surface area contributed by atoms with Crippen LogP contribution in [-0.4, -0.2) is 30.0 Å². The predicted octanol–water partition coefficient (Wildman–Crippen LogP) is 2.06. The highest BCUT2D eigenvalue weighted by Crippen LogP contribution is 2.27. The van der Waals surface area contributed by atoms with Gasteiger partial charge in [-0.05, 0) is 18.2 Å². The smallest absolute Gasteiger partial charge is 0.258 e. The number of nitrogens with two attached hydrogens (primary N) is 1. The number of rotatable bonds is 2. The van der Waals surface area contributed by atoms with E-state index in [4.69, 9.17) is 31.3 Å². The third-order valence-corrected chi connectivity index (χ3v) is 3.13. The first-order valence-corrected chi connectivity index (χ1v) is 6.20. The topological polar surface area (TPSA) is 83.4 Å². The summed E-state index contributed by atoms with van der Waals surface area (Å²) in [6.07, 6.45) is -0.282. The molecule has 0 spiro atoms. The number of anilines is 1. The van der Waals surface area contributed by atoms with Crippen molar-refractivity contribution in [3.63, 3.8) is 0 Å². The Morgan fingerprint density at radius 1 is 1.32 bits per heavy atom. The van der Waals surface area contributed by atoms with Crippen molar-refractivity contribution in [2.24, 2.45) is 0 Å². The highest BCUT2D eigenvalue weighted by atomic mass is 35.5. The van der Waals surface area contributed by atoms with Crippen molar-refractivity contribution in [2.75, 3.05) is 25.6 Å². The van der Waals surface area contributed by atoms with E-state index in [2.05, 4.69) is 10.1 Å². The maximum Gasteiger partial charge on any atom is 0.258 e. The van der Waals surface area contributed by atoms with Crippen LogP contribution in [0.1, 0.15) is 11.9 Å². The summed E-state index contributed by atoms with van der Waals surface area (Å²) in [5.74, 6) is 0.857. The predicted molar refractivity (Wildman–Crippen MR) is 68.7 cm³/mol. The summed E-state index contributed by atoms with van der Waals surface area (Å²) in [5, 5.41) is 4.40. The van der Waals surface area contributed by atoms with Gasteiger partial charge in [0.1, 0.15) is 6.10 Å². The van der Waals surface area contributed by atoms with E-state index < -0.39 is 0 Å². The normalized spacial score (nSPS) is 19.5. The minimum absolute atomic E-state index is 0.282. The molecule has 1 atom stereocenters. The molecule has 19 heavy (non-hydrogen) atoms. The SMILES string of the molecule is Nc1cc(-c2nc(C3COCCO3)no2)ccc1Cl. The lowest BCUT2D eigenvalue weighted by atomic mass is 10.2. The molecule has 1 fully saturated rings. The quantitative estimate of drug-likeness (QED) is 0.848. The van der Waals surface area contributed by atoms with E-state index in [0.717, 1.165) is 5.56 Å². The molecule has 0 saturated carbocycles. The van der Waals surface area contributed by atoms with Crippen LogP contribution in [0.4, 0.5) is 5.69 Å². The number of nitrogen functional groups attached to an aromatic ring is 1. The van der Waals surface area contributed by atoms with Gasteiger partial charge in [-0.2, -0.15) is 4.98 Å². The first-order valence-electron chi connectivity index (χ1n) is 5.82. The molecular weight excluding hydrogens is 270 g/mol. The molecule has 0 bridgehead atoms. The summed E-state index contributed by atoms with van der Waals surface area (Å²) in [6, 6.07) is 5.16. The molecule has 3 rings (SSSR count). The van der Waals surface area contributed by atoms with Gasteiger partial charge in [0.15, 0.2) is 0 Å². The largest absolute Gasteiger partial charge is 0.398 e. The van der Waals surface area contributed by atoms with Gasteiger partial charge in [0.25, 0.3) is 5.89 Å². The highest BCUT2D eigenvalue weighted by Gasteiger charge is 2.22. The van der Waals surface area contributed by atoms with E-state index >= 15 is 0 Å². The number of benzene rings is 1. The fourth-order valence-corrected chi connectivity index (χ4v) is 1.91. The molecule has 1 aliphatic rings. The molecule has 7 heteroatoms. The monoisotopic (exact) mass is 281 g/mol. The molecule has 2 aromatic rings. The van der Waals surface area contributed by atoms with Gasteiger partial charge >= 0.3 is 0 Å². The third-order valence-electron chi connectivity index (χ3n) is 2.79. The van der Waals surface area contributed by atoms with Crippen molar-refractivity contribution in [1.29, 1.82) is 0 Å². The van der Waals surface area contributed by atoms with Gasteiger partial charge in [0, 0.05) is 5.56 Å². The first-order chi connectivity index (χ1) is 9.24. The van der Waals surface area contributed by atoms with Crippen LogP contribution in [0.15, 0.2) is 22.7 Å². The Bertz CT molecular complexity index is 581. The van der Waals surface area contributed by atoms with Crippen LogP contribution in [0.25, 0.3) is 11.5 Å². The standard InChI is InChI=1S/C12H12ClN3O3/c13-8-2-1-7(5-9(8)14)12-15-11(16-19-12)10-6-17-3-4-18-10/h1-2,5,10H,3-4,6,14H2. The van der Waals surface area contributed by atoms with Crippen LogP contribution < -0.4 is 5.73 Å². The number of ether oxygens (including phenoxy) is 2. The number of nitrogens with zero attached hydrogens (tertiary/aromatic N) is 2. The molecule has 0 amide bonds. The lowest BCUT2D eigenvalue weighted by Crippen LogP contribution is -2.22. The van der Waals surface area contributed by atoms with Gasteiger partial charge in [0.2, 0.25) is 5.82 Å². The van der Waals surface area contributed by atoms with Crippen LogP contribution in [-0.2, 0) is 9.47 Å². The van der Waals surface area contributed by atoms with Gasteiger partial charge in [-0.3, -0.25) is 0 Å². The minimum atomic E-state index is -0.282. The van der Waals surface area contributed by atoms with Crippen molar-refractivity contribution in [3.05, 3.63) is 29.0 Å². The van der Waals surface area contributed by atoms with Crippen molar-refractivity contribution >= 4 is 17.3 Å². The summed E-state index contributed by atoms with van der Waals surface area (Å²) >= 11 is 5.87. The Kier molecular flexibility index (Phi) is 3.37. The molecule has 1 aromatic carbocycles. The van der Waals surface area contributed by atoms with Crippen molar-refractivity contribution in [2.45, 2.75) is 6.10 Å². The fraction of sp³-hybridized carbons (Fsp3) is 0.333. The summed E-state index contributed by atoms with van der Waals surface area (Å²) in [6.45, 7) is 1.55. The van der Waals surface area contributed by atoms with Crippen LogP contribution in [0.2, 0.25) is 5.02 Å². The Balaban J connectivity index is 1.85. The maximum atomic E-state index is 5.87. The van der Waals surface area contributed by atoms with E-state index in [1.165, 1.54) is 0 Å². The van der Waals surface area contributed by atoms with E-state index in [1.807, 2.05) is 0 Å². The molecule has 100 valence electrons. The fourth-order valence-electron chi connectivity index (χ4n) is 1.80. The highest BCUT2D eigenvalue weighted by molar-refractivity contribution is 6.33. The van der Waals surface area contributed by atoms with Crippen molar-refractivity contribution in [1.82, 2.24) is 10.1 Å². The zero-order valence-electron chi connectivity index (χ0n) is 10.0. The Hall–Kier alpha value is -1.63. The van der Waals surface area contributed by atoms with E-state index in [9.17, 15) is 0 Å². The second kappa shape index (κ2) is 5.16. The van der Waals surface area contributed by atoms with Gasteiger partial charge in [-0.25, -0.2) is 0 Å². The van der Waals surface area contributed by atoms with Crippen LogP contribution in [0.5, 0.6) is 0 Å². The Morgan fingerprint density at radius 3 is 2.95 bits per heavy atom. The molecule has 2 N–H and O–H groups in total. The second-order valence-electron chi connectivity index (χ2n) is 4.13. The van der Waals surface area contributed by atoms with Gasteiger partial charge < -0.3 is 19.7 Å². The maximum absolute atomic E-state index is 5.87. The van der Waals surface area contributed by atoms with Crippen LogP contribution >= 0.6 is 11.6 Å². The molecule has 0 radical (unpaired) electrons. The number of halogens is 1. The molecule has 1 unspecified atom stereocenters. The van der Waals surface area contributed by atoms with Crippen molar-refractivity contribution in [3.8, 4) is 11.5 Å². The first kappa shape index (κ1) is 12.4. The van der Waals surface area contributed by atoms with E-state index in [-0.39, 0.29) is 6.10 Å². The molecule has 6 nitrogen and oxygen atoms in total. The number of aromatic nitrogens is 2. The zero-order chi connectivity index (χ0) is 13.2. The Morgan fingerprint density at radius 2 is 2.21 bits per heavy atom. The van der Waals surface area contributed by atoms with E-state index in [0.29, 0.717) is 42.2 Å². The zero-order valence-corrected chi connectivity index (χ0v) is 10.8. The molecule has 0 aliphatic carbocycles. The molecule has 2 heterocycles. The molecular formula is C12H12ClN3O3. The summed E-state index contributed by atoms with van der Waals surface area (Å²) in [7, 11) is 0. The number of hydrogen-bond acceptors (Lipinski definition) is 6. The lowest BCUT2D eigenvalue weighted by molar-refractivity contribution is -0.0941. The van der Waals surface area contributed by atoms with Gasteiger partial charge in [-0.15, -0.1) is 0 Å².